The van der Waals surface area contributed by atoms with Gasteiger partial charge in [-0.25, -0.2) is 0 Å². The Balaban J connectivity index is 1.16. The Morgan fingerprint density at radius 1 is 1.09 bits per heavy atom. The van der Waals surface area contributed by atoms with E-state index in [9.17, 15) is 4.79 Å². The number of pyridine rings is 1. The molecule has 1 atom stereocenters. The highest BCUT2D eigenvalue weighted by Gasteiger charge is 2.37. The summed E-state index contributed by atoms with van der Waals surface area (Å²) in [6.07, 6.45) is 9.48. The van der Waals surface area contributed by atoms with Crippen molar-refractivity contribution in [1.29, 1.82) is 0 Å². The van der Waals surface area contributed by atoms with Crippen molar-refractivity contribution in [2.24, 2.45) is 0 Å². The number of piperidine rings is 1. The molecule has 7 heteroatoms. The first-order chi connectivity index (χ1) is 16.6. The quantitative estimate of drug-likeness (QED) is 0.675. The van der Waals surface area contributed by atoms with Crippen molar-refractivity contribution in [3.8, 4) is 16.9 Å². The number of benzene rings is 1. The van der Waals surface area contributed by atoms with Gasteiger partial charge in [0, 0.05) is 73.0 Å². The highest BCUT2D eigenvalue weighted by atomic mass is 35.5. The lowest BCUT2D eigenvalue weighted by Gasteiger charge is -2.42. The predicted molar refractivity (Wildman–Crippen MR) is 134 cm³/mol. The zero-order valence-corrected chi connectivity index (χ0v) is 20.4. The van der Waals surface area contributed by atoms with Crippen molar-refractivity contribution in [2.45, 2.75) is 37.8 Å². The van der Waals surface area contributed by atoms with Crippen LogP contribution < -0.4 is 4.74 Å². The zero-order chi connectivity index (χ0) is 23.2. The average molecular weight is 479 g/mol. The van der Waals surface area contributed by atoms with E-state index >= 15 is 0 Å². The molecule has 6 rings (SSSR count). The van der Waals surface area contributed by atoms with E-state index in [2.05, 4.69) is 34.0 Å². The van der Waals surface area contributed by atoms with E-state index in [1.165, 1.54) is 25.9 Å². The van der Waals surface area contributed by atoms with Crippen molar-refractivity contribution in [2.75, 3.05) is 46.3 Å². The molecule has 4 aliphatic rings. The predicted octanol–water partition coefficient (Wildman–Crippen LogP) is 3.51. The molecule has 4 heterocycles. The van der Waals surface area contributed by atoms with Crippen LogP contribution in [0.5, 0.6) is 5.75 Å². The van der Waals surface area contributed by atoms with Gasteiger partial charge in [-0.05, 0) is 56.7 Å². The van der Waals surface area contributed by atoms with Gasteiger partial charge in [-0.3, -0.25) is 14.7 Å². The largest absolute Gasteiger partial charge is 0.479 e. The number of aromatic nitrogens is 1. The number of fused-ring (bicyclic) bond motifs is 2. The van der Waals surface area contributed by atoms with Crippen LogP contribution in [0.3, 0.4) is 0 Å². The van der Waals surface area contributed by atoms with Crippen LogP contribution in [0.15, 0.2) is 30.5 Å². The molecule has 178 valence electrons. The summed E-state index contributed by atoms with van der Waals surface area (Å²) in [6.45, 7) is 5.78. The van der Waals surface area contributed by atoms with Gasteiger partial charge in [0.15, 0.2) is 6.10 Å². The van der Waals surface area contributed by atoms with Crippen LogP contribution in [0, 0.1) is 0 Å². The van der Waals surface area contributed by atoms with Gasteiger partial charge in [-0.1, -0.05) is 23.8 Å². The Kier molecular flexibility index (Phi) is 5.84. The Labute approximate surface area is 206 Å². The van der Waals surface area contributed by atoms with Crippen LogP contribution in [0.2, 0.25) is 5.02 Å². The third-order valence-corrected chi connectivity index (χ3v) is 8.08. The molecule has 0 radical (unpaired) electrons. The topological polar surface area (TPSA) is 48.9 Å². The summed E-state index contributed by atoms with van der Waals surface area (Å²) in [5.41, 5.74) is 5.22. The summed E-state index contributed by atoms with van der Waals surface area (Å²) in [4.78, 5) is 24.9. The third-order valence-electron chi connectivity index (χ3n) is 7.86. The third kappa shape index (κ3) is 4.02. The number of nitrogens with zero attached hydrogens (tertiary/aromatic N) is 4. The van der Waals surface area contributed by atoms with E-state index in [-0.39, 0.29) is 5.91 Å². The van der Waals surface area contributed by atoms with Gasteiger partial charge >= 0.3 is 0 Å². The molecule has 1 amide bonds. The molecule has 6 nitrogen and oxygen atoms in total. The van der Waals surface area contributed by atoms with Crippen LogP contribution in [0.4, 0.5) is 0 Å². The smallest absolute Gasteiger partial charge is 0.264 e. The lowest BCUT2D eigenvalue weighted by atomic mass is 9.97. The van der Waals surface area contributed by atoms with Crippen molar-refractivity contribution in [1.82, 2.24) is 19.7 Å². The molecule has 0 saturated carbocycles. The number of carbonyl (C=O) groups is 1. The Bertz CT molecular complexity index is 1130. The number of carbonyl (C=O) groups excluding carboxylic acids is 1. The highest BCUT2D eigenvalue weighted by molar-refractivity contribution is 6.31. The number of ether oxygens (including phenoxy) is 1. The maximum Gasteiger partial charge on any atom is 0.264 e. The summed E-state index contributed by atoms with van der Waals surface area (Å²) in [6, 6.07) is 6.57. The van der Waals surface area contributed by atoms with Crippen LogP contribution in [0.25, 0.3) is 17.2 Å². The molecular formula is C27H31ClN4O2. The number of allylic oxidation sites excluding steroid dienone is 1. The maximum absolute atomic E-state index is 13.4. The van der Waals surface area contributed by atoms with E-state index in [0.29, 0.717) is 17.5 Å². The highest BCUT2D eigenvalue weighted by Crippen LogP contribution is 2.43. The number of rotatable bonds is 3. The Morgan fingerprint density at radius 3 is 2.68 bits per heavy atom. The molecular weight excluding hydrogens is 448 g/mol. The molecule has 2 fully saturated rings. The molecule has 34 heavy (non-hydrogen) atoms. The number of likely N-dealkylation sites (tertiary alicyclic amines) is 1. The van der Waals surface area contributed by atoms with Gasteiger partial charge in [0.1, 0.15) is 5.75 Å². The molecule has 3 aliphatic heterocycles. The van der Waals surface area contributed by atoms with E-state index in [1.807, 2.05) is 29.3 Å². The molecule has 0 N–H and O–H groups in total. The first kappa shape index (κ1) is 22.1. The second kappa shape index (κ2) is 8.99. The second-order valence-electron chi connectivity index (χ2n) is 9.97. The Morgan fingerprint density at radius 2 is 1.88 bits per heavy atom. The molecule has 0 bridgehead atoms. The van der Waals surface area contributed by atoms with E-state index in [4.69, 9.17) is 16.3 Å². The molecule has 0 spiro atoms. The summed E-state index contributed by atoms with van der Waals surface area (Å²) in [5, 5.41) is 0.671. The van der Waals surface area contributed by atoms with Gasteiger partial charge in [-0.15, -0.1) is 0 Å². The van der Waals surface area contributed by atoms with Crippen LogP contribution in [0.1, 0.15) is 29.7 Å². The van der Waals surface area contributed by atoms with Crippen molar-refractivity contribution in [3.05, 3.63) is 52.3 Å². The Hall–Kier alpha value is -2.41. The fraction of sp³-hybridized carbons (Fsp3) is 0.481. The standard InChI is InChI=1S/C27H31ClN4O2/c1-30-9-6-20(7-10-30)31-11-13-32(14-12-31)27(33)25-16-18-15-19(28)17-23(26(18)34-25)21-5-8-29-24-4-2-3-22(21)24/h2-3,5,8,15,17,20,25H,4,6-7,9-14,16H2,1H3. The van der Waals surface area contributed by atoms with E-state index in [1.54, 1.807) is 0 Å². The molecule has 1 unspecified atom stereocenters. The minimum Gasteiger partial charge on any atom is -0.479 e. The molecule has 2 aromatic rings. The molecule has 1 aliphatic carbocycles. The molecule has 1 aromatic carbocycles. The van der Waals surface area contributed by atoms with Crippen LogP contribution in [-0.4, -0.2) is 84.1 Å². The van der Waals surface area contributed by atoms with Crippen LogP contribution in [-0.2, 0) is 17.6 Å². The molecule has 1 aromatic heterocycles. The first-order valence-corrected chi connectivity index (χ1v) is 12.8. The minimum absolute atomic E-state index is 0.0983. The number of amides is 1. The minimum atomic E-state index is -0.479. The van der Waals surface area contributed by atoms with Crippen molar-refractivity contribution >= 4 is 23.6 Å². The first-order valence-electron chi connectivity index (χ1n) is 12.4. The van der Waals surface area contributed by atoms with Gasteiger partial charge in [0.25, 0.3) is 5.91 Å². The summed E-state index contributed by atoms with van der Waals surface area (Å²) in [5.74, 6) is 0.891. The van der Waals surface area contributed by atoms with Crippen molar-refractivity contribution in [3.63, 3.8) is 0 Å². The normalized spacial score (nSPS) is 23.1. The number of piperazine rings is 1. The van der Waals surface area contributed by atoms with E-state index < -0.39 is 6.10 Å². The summed E-state index contributed by atoms with van der Waals surface area (Å²) in [7, 11) is 2.20. The van der Waals surface area contributed by atoms with Gasteiger partial charge in [0.2, 0.25) is 0 Å². The summed E-state index contributed by atoms with van der Waals surface area (Å²) < 4.78 is 6.36. The lowest BCUT2D eigenvalue weighted by Crippen LogP contribution is -2.56. The fourth-order valence-corrected chi connectivity index (χ4v) is 6.16. The average Bonchev–Trinajstić information content (AvgIpc) is 3.51. The van der Waals surface area contributed by atoms with E-state index in [0.717, 1.165) is 66.3 Å². The second-order valence-corrected chi connectivity index (χ2v) is 10.4. The number of hydrogen-bond acceptors (Lipinski definition) is 5. The van der Waals surface area contributed by atoms with Crippen LogP contribution >= 0.6 is 11.6 Å². The van der Waals surface area contributed by atoms with Gasteiger partial charge in [0.05, 0.1) is 5.69 Å². The number of halogens is 1. The lowest BCUT2D eigenvalue weighted by molar-refractivity contribution is -0.140. The fourth-order valence-electron chi connectivity index (χ4n) is 5.92. The molecule has 2 saturated heterocycles. The van der Waals surface area contributed by atoms with Gasteiger partial charge in [-0.2, -0.15) is 0 Å². The van der Waals surface area contributed by atoms with Gasteiger partial charge < -0.3 is 14.5 Å². The zero-order valence-electron chi connectivity index (χ0n) is 19.7. The van der Waals surface area contributed by atoms with Crippen molar-refractivity contribution < 1.29 is 9.53 Å². The number of hydrogen-bond donors (Lipinski definition) is 0. The maximum atomic E-state index is 13.4. The SMILES string of the molecule is CN1CCC(N2CCN(C(=O)C3Cc4cc(Cl)cc(-c5ccnc6c5C=CC6)c4O3)CC2)CC1. The summed E-state index contributed by atoms with van der Waals surface area (Å²) >= 11 is 6.51. The monoisotopic (exact) mass is 478 g/mol.